The summed E-state index contributed by atoms with van der Waals surface area (Å²) in [7, 11) is 0. The molecule has 150 valence electrons. The summed E-state index contributed by atoms with van der Waals surface area (Å²) in [6.45, 7) is 7.18. The maximum atomic E-state index is 13.2. The van der Waals surface area contributed by atoms with Crippen molar-refractivity contribution < 1.29 is 14.0 Å². The van der Waals surface area contributed by atoms with Gasteiger partial charge in [-0.3, -0.25) is 9.59 Å². The average Bonchev–Trinajstić information content (AvgIpc) is 3.34. The molecule has 0 bridgehead atoms. The van der Waals surface area contributed by atoms with Crippen molar-refractivity contribution in [2.45, 2.75) is 59.2 Å². The molecule has 3 rings (SSSR count). The van der Waals surface area contributed by atoms with Gasteiger partial charge < -0.3 is 14.2 Å². The van der Waals surface area contributed by atoms with E-state index in [-0.39, 0.29) is 29.8 Å². The molecule has 1 aliphatic carbocycles. The van der Waals surface area contributed by atoms with E-state index in [0.717, 1.165) is 24.2 Å². The van der Waals surface area contributed by atoms with Gasteiger partial charge in [0.05, 0.1) is 12.8 Å². The molecular formula is C23H30N2O3. The first kappa shape index (κ1) is 20.2. The van der Waals surface area contributed by atoms with Gasteiger partial charge in [0.2, 0.25) is 11.8 Å². The van der Waals surface area contributed by atoms with Crippen LogP contribution >= 0.6 is 0 Å². The van der Waals surface area contributed by atoms with Crippen LogP contribution in [0.3, 0.4) is 0 Å². The van der Waals surface area contributed by atoms with Crippen LogP contribution in [0, 0.1) is 5.41 Å². The van der Waals surface area contributed by atoms with Gasteiger partial charge in [-0.1, -0.05) is 51.1 Å². The number of rotatable bonds is 8. The molecule has 1 aliphatic rings. The molecule has 2 aromatic rings. The Morgan fingerprint density at radius 3 is 2.29 bits per heavy atom. The van der Waals surface area contributed by atoms with Gasteiger partial charge in [0.15, 0.2) is 0 Å². The molecule has 5 heteroatoms. The first-order chi connectivity index (χ1) is 13.3. The number of carbonyl (C=O) groups excluding carboxylic acids is 2. The fourth-order valence-corrected chi connectivity index (χ4v) is 3.23. The fraction of sp³-hybridized carbons (Fsp3) is 0.478. The lowest BCUT2D eigenvalue weighted by molar-refractivity contribution is -0.143. The average molecular weight is 383 g/mol. The highest BCUT2D eigenvalue weighted by molar-refractivity contribution is 5.85. The zero-order valence-electron chi connectivity index (χ0n) is 17.1. The third kappa shape index (κ3) is 5.98. The molecule has 0 unspecified atom stereocenters. The number of hydrogen-bond acceptors (Lipinski definition) is 3. The smallest absolute Gasteiger partial charge is 0.242 e. The van der Waals surface area contributed by atoms with Crippen LogP contribution in [0.1, 0.15) is 51.4 Å². The molecule has 0 aliphatic heterocycles. The number of benzene rings is 1. The van der Waals surface area contributed by atoms with E-state index in [2.05, 4.69) is 20.8 Å². The Kier molecular flexibility index (Phi) is 6.22. The Hall–Kier alpha value is -2.56. The standard InChI is InChI=1S/C23H30N2O3/c1-23(2,3)14-21(26)25(19-11-12-19)17-22(27)24(16-20-10-7-13-28-20)15-18-8-5-4-6-9-18/h4-10,13,19H,11-12,14-17H2,1-3H3. The Morgan fingerprint density at radius 2 is 1.71 bits per heavy atom. The van der Waals surface area contributed by atoms with Crippen LogP contribution in [0.25, 0.3) is 0 Å². The van der Waals surface area contributed by atoms with E-state index in [1.807, 2.05) is 42.5 Å². The van der Waals surface area contributed by atoms with E-state index in [1.54, 1.807) is 16.1 Å². The van der Waals surface area contributed by atoms with Crippen LogP contribution in [0.15, 0.2) is 53.1 Å². The van der Waals surface area contributed by atoms with Crippen molar-refractivity contribution in [1.82, 2.24) is 9.80 Å². The summed E-state index contributed by atoms with van der Waals surface area (Å²) >= 11 is 0. The van der Waals surface area contributed by atoms with Crippen LogP contribution in [-0.4, -0.2) is 34.2 Å². The van der Waals surface area contributed by atoms with E-state index in [0.29, 0.717) is 19.5 Å². The van der Waals surface area contributed by atoms with Crippen LogP contribution < -0.4 is 0 Å². The monoisotopic (exact) mass is 382 g/mol. The predicted molar refractivity (Wildman–Crippen MR) is 108 cm³/mol. The lowest BCUT2D eigenvalue weighted by Gasteiger charge is -2.29. The third-order valence-electron chi connectivity index (χ3n) is 4.79. The van der Waals surface area contributed by atoms with Gasteiger partial charge in [-0.15, -0.1) is 0 Å². The molecule has 1 fully saturated rings. The molecule has 1 heterocycles. The van der Waals surface area contributed by atoms with Crippen molar-refractivity contribution in [3.63, 3.8) is 0 Å². The van der Waals surface area contributed by atoms with Crippen LogP contribution in [0.2, 0.25) is 0 Å². The van der Waals surface area contributed by atoms with Gasteiger partial charge in [0.1, 0.15) is 12.3 Å². The second kappa shape index (κ2) is 8.63. The summed E-state index contributed by atoms with van der Waals surface area (Å²) in [5, 5.41) is 0. The van der Waals surface area contributed by atoms with Crippen molar-refractivity contribution >= 4 is 11.8 Å². The number of furan rings is 1. The Balaban J connectivity index is 1.72. The molecule has 28 heavy (non-hydrogen) atoms. The third-order valence-corrected chi connectivity index (χ3v) is 4.79. The van der Waals surface area contributed by atoms with Crippen molar-refractivity contribution in [2.24, 2.45) is 5.41 Å². The molecule has 0 atom stereocenters. The molecule has 0 saturated heterocycles. The van der Waals surface area contributed by atoms with Crippen LogP contribution in [0.5, 0.6) is 0 Å². The molecule has 0 N–H and O–H groups in total. The number of amides is 2. The van der Waals surface area contributed by atoms with Gasteiger partial charge in [0, 0.05) is 19.0 Å². The summed E-state index contributed by atoms with van der Waals surface area (Å²) in [5.74, 6) is 0.763. The predicted octanol–water partition coefficient (Wildman–Crippen LogP) is 4.24. The molecule has 0 radical (unpaired) electrons. The van der Waals surface area contributed by atoms with E-state index in [1.165, 1.54) is 0 Å². The summed E-state index contributed by atoms with van der Waals surface area (Å²) in [5.41, 5.74) is 0.965. The molecule has 1 saturated carbocycles. The van der Waals surface area contributed by atoms with Crippen LogP contribution in [-0.2, 0) is 22.7 Å². The molecule has 0 spiro atoms. The van der Waals surface area contributed by atoms with Crippen molar-refractivity contribution in [3.8, 4) is 0 Å². The van der Waals surface area contributed by atoms with Gasteiger partial charge in [-0.05, 0) is 36.0 Å². The first-order valence-electron chi connectivity index (χ1n) is 9.95. The van der Waals surface area contributed by atoms with E-state index in [9.17, 15) is 9.59 Å². The summed E-state index contributed by atoms with van der Waals surface area (Å²) in [6.07, 6.45) is 4.04. The zero-order valence-corrected chi connectivity index (χ0v) is 17.1. The number of hydrogen-bond donors (Lipinski definition) is 0. The van der Waals surface area contributed by atoms with Crippen LogP contribution in [0.4, 0.5) is 0 Å². The number of nitrogens with zero attached hydrogens (tertiary/aromatic N) is 2. The van der Waals surface area contributed by atoms with E-state index < -0.39 is 0 Å². The minimum Gasteiger partial charge on any atom is -0.467 e. The Bertz CT molecular complexity index is 774. The minimum atomic E-state index is -0.0921. The van der Waals surface area contributed by atoms with Gasteiger partial charge >= 0.3 is 0 Å². The van der Waals surface area contributed by atoms with Gasteiger partial charge in [-0.25, -0.2) is 0 Å². The molecule has 5 nitrogen and oxygen atoms in total. The largest absolute Gasteiger partial charge is 0.467 e. The Morgan fingerprint density at radius 1 is 1.00 bits per heavy atom. The van der Waals surface area contributed by atoms with Gasteiger partial charge in [0.25, 0.3) is 0 Å². The highest BCUT2D eigenvalue weighted by atomic mass is 16.3. The quantitative estimate of drug-likeness (QED) is 0.686. The Labute approximate surface area is 167 Å². The van der Waals surface area contributed by atoms with Gasteiger partial charge in [-0.2, -0.15) is 0 Å². The van der Waals surface area contributed by atoms with E-state index in [4.69, 9.17) is 4.42 Å². The maximum Gasteiger partial charge on any atom is 0.242 e. The molecular weight excluding hydrogens is 352 g/mol. The topological polar surface area (TPSA) is 53.8 Å². The minimum absolute atomic E-state index is 0.0468. The van der Waals surface area contributed by atoms with E-state index >= 15 is 0 Å². The normalized spacial score (nSPS) is 14.0. The second-order valence-corrected chi connectivity index (χ2v) is 8.81. The fourth-order valence-electron chi connectivity index (χ4n) is 3.23. The van der Waals surface area contributed by atoms with Crippen molar-refractivity contribution in [2.75, 3.05) is 6.54 Å². The zero-order chi connectivity index (χ0) is 20.1. The SMILES string of the molecule is CC(C)(C)CC(=O)N(CC(=O)N(Cc1ccccc1)Cc1ccco1)C1CC1. The van der Waals surface area contributed by atoms with Crippen molar-refractivity contribution in [1.29, 1.82) is 0 Å². The highest BCUT2D eigenvalue weighted by Gasteiger charge is 2.36. The summed E-state index contributed by atoms with van der Waals surface area (Å²) in [6, 6.07) is 13.8. The lowest BCUT2D eigenvalue weighted by atomic mass is 9.91. The maximum absolute atomic E-state index is 13.2. The molecule has 1 aromatic heterocycles. The lowest BCUT2D eigenvalue weighted by Crippen LogP contribution is -2.44. The molecule has 1 aromatic carbocycles. The summed E-state index contributed by atoms with van der Waals surface area (Å²) < 4.78 is 5.46. The first-order valence-corrected chi connectivity index (χ1v) is 9.95. The van der Waals surface area contributed by atoms with Crippen molar-refractivity contribution in [3.05, 3.63) is 60.1 Å². The summed E-state index contributed by atoms with van der Waals surface area (Å²) in [4.78, 5) is 29.5. The number of carbonyl (C=O) groups is 2. The molecule has 2 amide bonds. The second-order valence-electron chi connectivity index (χ2n) is 8.81. The highest BCUT2D eigenvalue weighted by Crippen LogP contribution is 2.30.